The van der Waals surface area contributed by atoms with E-state index < -0.39 is 0 Å². The van der Waals surface area contributed by atoms with E-state index >= 15 is 0 Å². The van der Waals surface area contributed by atoms with E-state index in [1.165, 1.54) is 5.37 Å². The van der Waals surface area contributed by atoms with Gasteiger partial charge in [0.25, 0.3) is 0 Å². The molecule has 1 aromatic heterocycles. The lowest BCUT2D eigenvalue weighted by molar-refractivity contribution is 0.749. The van der Waals surface area contributed by atoms with Crippen molar-refractivity contribution in [2.24, 2.45) is 0 Å². The summed E-state index contributed by atoms with van der Waals surface area (Å²) in [7, 11) is 0. The maximum absolute atomic E-state index is 4.86. The number of hydrogen-bond donors (Lipinski definition) is 2. The zero-order chi connectivity index (χ0) is 12.8. The van der Waals surface area contributed by atoms with E-state index in [0.29, 0.717) is 23.8 Å². The summed E-state index contributed by atoms with van der Waals surface area (Å²) < 4.78 is 0. The molecule has 0 saturated carbocycles. The molecule has 1 unspecified atom stereocenters. The summed E-state index contributed by atoms with van der Waals surface area (Å²) in [5.41, 5.74) is 0. The van der Waals surface area contributed by atoms with Crippen LogP contribution in [0.1, 0.15) is 39.9 Å². The highest BCUT2D eigenvalue weighted by molar-refractivity contribution is 7.79. The van der Waals surface area contributed by atoms with Gasteiger partial charge in [0.05, 0.1) is 0 Å². The normalized spacial score (nSPS) is 12.3. The Kier molecular flexibility index (Phi) is 5.21. The van der Waals surface area contributed by atoms with Crippen molar-refractivity contribution in [1.82, 2.24) is 15.0 Å². The molecule has 0 radical (unpaired) electrons. The van der Waals surface area contributed by atoms with Crippen LogP contribution in [0.2, 0.25) is 0 Å². The number of nitrogens with one attached hydrogen (secondary N) is 2. The number of aromatic nitrogens is 3. The molecule has 94 valence electrons. The van der Waals surface area contributed by atoms with Gasteiger partial charge in [-0.1, -0.05) is 19.1 Å². The molecule has 0 aromatic carbocycles. The summed E-state index contributed by atoms with van der Waals surface area (Å²) in [4.78, 5) is 12.7. The van der Waals surface area contributed by atoms with E-state index in [1.807, 2.05) is 13.8 Å². The van der Waals surface area contributed by atoms with E-state index in [0.717, 1.165) is 6.42 Å². The first-order valence-electron chi connectivity index (χ1n) is 5.79. The van der Waals surface area contributed by atoms with Gasteiger partial charge >= 0.3 is 0 Å². The van der Waals surface area contributed by atoms with Gasteiger partial charge in [0.1, 0.15) is 0 Å². The smallest absolute Gasteiger partial charge is 0.228 e. The molecule has 17 heavy (non-hydrogen) atoms. The SMILES string of the molecule is CCC(C)Nc1nc(C=S)nc(NC(C)C)n1. The van der Waals surface area contributed by atoms with Crippen molar-refractivity contribution in [3.63, 3.8) is 0 Å². The van der Waals surface area contributed by atoms with Gasteiger partial charge in [0.15, 0.2) is 5.82 Å². The van der Waals surface area contributed by atoms with Crippen LogP contribution in [0.15, 0.2) is 0 Å². The summed E-state index contributed by atoms with van der Waals surface area (Å²) in [6, 6.07) is 0.592. The average molecular weight is 253 g/mol. The van der Waals surface area contributed by atoms with E-state index in [-0.39, 0.29) is 6.04 Å². The summed E-state index contributed by atoms with van der Waals surface area (Å²) in [5, 5.41) is 7.81. The minimum absolute atomic E-state index is 0.270. The van der Waals surface area contributed by atoms with Crippen molar-refractivity contribution >= 4 is 29.5 Å². The fraction of sp³-hybridized carbons (Fsp3) is 0.636. The summed E-state index contributed by atoms with van der Waals surface area (Å²) in [6.07, 6.45) is 1.01. The molecule has 0 aliphatic rings. The second-order valence-electron chi connectivity index (χ2n) is 4.21. The van der Waals surface area contributed by atoms with Gasteiger partial charge in [-0.15, -0.1) is 0 Å². The Balaban J connectivity index is 2.92. The second kappa shape index (κ2) is 6.44. The number of rotatable bonds is 6. The Morgan fingerprint density at radius 1 is 1.12 bits per heavy atom. The first-order valence-corrected chi connectivity index (χ1v) is 6.26. The van der Waals surface area contributed by atoms with Crippen LogP contribution in [0.25, 0.3) is 0 Å². The first kappa shape index (κ1) is 13.8. The molecule has 5 nitrogen and oxygen atoms in total. The molecule has 0 aliphatic carbocycles. The molecule has 6 heteroatoms. The zero-order valence-corrected chi connectivity index (χ0v) is 11.5. The summed E-state index contributed by atoms with van der Waals surface area (Å²) >= 11 is 4.86. The van der Waals surface area contributed by atoms with Crippen LogP contribution < -0.4 is 10.6 Å². The van der Waals surface area contributed by atoms with Gasteiger partial charge in [-0.05, 0) is 27.2 Å². The lowest BCUT2D eigenvalue weighted by atomic mass is 10.3. The Morgan fingerprint density at radius 2 is 1.71 bits per heavy atom. The second-order valence-corrected chi connectivity index (χ2v) is 4.45. The molecule has 0 saturated heterocycles. The lowest BCUT2D eigenvalue weighted by Gasteiger charge is -2.13. The molecule has 2 N–H and O–H groups in total. The molecule has 1 atom stereocenters. The van der Waals surface area contributed by atoms with Crippen molar-refractivity contribution in [1.29, 1.82) is 0 Å². The molecular formula is C11H19N5S. The van der Waals surface area contributed by atoms with Gasteiger partial charge in [0, 0.05) is 17.5 Å². The van der Waals surface area contributed by atoms with Crippen LogP contribution >= 0.6 is 12.2 Å². The predicted octanol–water partition coefficient (Wildman–Crippen LogP) is 2.25. The largest absolute Gasteiger partial charge is 0.352 e. The fourth-order valence-corrected chi connectivity index (χ4v) is 1.26. The lowest BCUT2D eigenvalue weighted by Crippen LogP contribution is -2.19. The van der Waals surface area contributed by atoms with Crippen molar-refractivity contribution in [3.8, 4) is 0 Å². The average Bonchev–Trinajstić information content (AvgIpc) is 2.27. The number of thiocarbonyl (C=S) groups is 1. The Labute approximate surface area is 107 Å². The Morgan fingerprint density at radius 3 is 2.18 bits per heavy atom. The molecule has 0 spiro atoms. The predicted molar refractivity (Wildman–Crippen MR) is 74.7 cm³/mol. The monoisotopic (exact) mass is 253 g/mol. The highest BCUT2D eigenvalue weighted by Crippen LogP contribution is 2.08. The first-order chi connectivity index (χ1) is 8.05. The van der Waals surface area contributed by atoms with Crippen LogP contribution in [-0.4, -0.2) is 32.4 Å². The maximum Gasteiger partial charge on any atom is 0.228 e. The molecule has 0 aliphatic heterocycles. The van der Waals surface area contributed by atoms with E-state index in [9.17, 15) is 0 Å². The van der Waals surface area contributed by atoms with Crippen molar-refractivity contribution in [2.45, 2.75) is 46.2 Å². The van der Waals surface area contributed by atoms with Crippen molar-refractivity contribution in [3.05, 3.63) is 5.82 Å². The molecule has 0 bridgehead atoms. The molecule has 1 aromatic rings. The van der Waals surface area contributed by atoms with Gasteiger partial charge in [-0.3, -0.25) is 0 Å². The molecule has 0 amide bonds. The van der Waals surface area contributed by atoms with Gasteiger partial charge in [-0.2, -0.15) is 15.0 Å². The van der Waals surface area contributed by atoms with Gasteiger partial charge in [-0.25, -0.2) is 0 Å². The third kappa shape index (κ3) is 4.60. The van der Waals surface area contributed by atoms with Gasteiger partial charge in [0.2, 0.25) is 11.9 Å². The Hall–Kier alpha value is -1.30. The number of anilines is 2. The summed E-state index contributed by atoms with van der Waals surface area (Å²) in [6.45, 7) is 8.24. The fourth-order valence-electron chi connectivity index (χ4n) is 1.15. The molecular weight excluding hydrogens is 234 g/mol. The highest BCUT2D eigenvalue weighted by Gasteiger charge is 2.07. The van der Waals surface area contributed by atoms with E-state index in [1.54, 1.807) is 0 Å². The maximum atomic E-state index is 4.86. The summed E-state index contributed by atoms with van der Waals surface area (Å²) in [5.74, 6) is 1.62. The van der Waals surface area contributed by atoms with Crippen LogP contribution in [0.4, 0.5) is 11.9 Å². The number of hydrogen-bond acceptors (Lipinski definition) is 6. The quantitative estimate of drug-likeness (QED) is 0.758. The minimum atomic E-state index is 0.270. The zero-order valence-electron chi connectivity index (χ0n) is 10.7. The standard InChI is InChI=1S/C11H19N5S/c1-5-8(4)13-11-15-9(6-17)14-10(16-11)12-7(2)3/h6-8H,5H2,1-4H3,(H2,12,13,14,15,16). The molecule has 1 rings (SSSR count). The minimum Gasteiger partial charge on any atom is -0.352 e. The topological polar surface area (TPSA) is 62.7 Å². The van der Waals surface area contributed by atoms with Crippen molar-refractivity contribution < 1.29 is 0 Å². The van der Waals surface area contributed by atoms with Crippen molar-refractivity contribution in [2.75, 3.05) is 10.6 Å². The van der Waals surface area contributed by atoms with Gasteiger partial charge < -0.3 is 10.6 Å². The Bertz CT molecular complexity index is 380. The third-order valence-electron chi connectivity index (χ3n) is 2.16. The number of nitrogens with zero attached hydrogens (tertiary/aromatic N) is 3. The van der Waals surface area contributed by atoms with Crippen LogP contribution in [0.5, 0.6) is 0 Å². The van der Waals surface area contributed by atoms with E-state index in [2.05, 4.69) is 39.4 Å². The van der Waals surface area contributed by atoms with E-state index in [4.69, 9.17) is 12.2 Å². The van der Waals surface area contributed by atoms with Crippen LogP contribution in [0, 0.1) is 0 Å². The molecule has 1 heterocycles. The third-order valence-corrected chi connectivity index (χ3v) is 2.37. The molecule has 0 fully saturated rings. The van der Waals surface area contributed by atoms with Crippen LogP contribution in [-0.2, 0) is 0 Å². The van der Waals surface area contributed by atoms with Crippen LogP contribution in [0.3, 0.4) is 0 Å². The highest BCUT2D eigenvalue weighted by atomic mass is 32.1.